The van der Waals surface area contributed by atoms with Crippen molar-refractivity contribution < 1.29 is 0 Å². The van der Waals surface area contributed by atoms with Gasteiger partial charge in [-0.3, -0.25) is 4.90 Å². The van der Waals surface area contributed by atoms with Crippen LogP contribution >= 0.6 is 0 Å². The van der Waals surface area contributed by atoms with Crippen LogP contribution in [0.2, 0.25) is 0 Å². The summed E-state index contributed by atoms with van der Waals surface area (Å²) in [5.74, 6) is 1.81. The highest BCUT2D eigenvalue weighted by Crippen LogP contribution is 2.38. The minimum absolute atomic E-state index is 0.0418. The average Bonchev–Trinajstić information content (AvgIpc) is 2.94. The topological polar surface area (TPSA) is 47.1 Å². The summed E-state index contributed by atoms with van der Waals surface area (Å²) < 4.78 is 2.06. The second-order valence-corrected chi connectivity index (χ2v) is 5.41. The second-order valence-electron chi connectivity index (χ2n) is 5.41. The SMILES string of the molecule is CN(Cc1nccn1C)CC(C)(N)C1CC1. The molecule has 1 heterocycles. The van der Waals surface area contributed by atoms with Crippen LogP contribution in [-0.4, -0.2) is 33.6 Å². The van der Waals surface area contributed by atoms with Crippen LogP contribution in [0.1, 0.15) is 25.6 Å². The van der Waals surface area contributed by atoms with Crippen molar-refractivity contribution in [3.8, 4) is 0 Å². The lowest BCUT2D eigenvalue weighted by molar-refractivity contribution is 0.226. The normalized spacial score (nSPS) is 20.1. The summed E-state index contributed by atoms with van der Waals surface area (Å²) >= 11 is 0. The highest BCUT2D eigenvalue weighted by molar-refractivity contribution is 4.98. The first kappa shape index (κ1) is 11.6. The van der Waals surface area contributed by atoms with E-state index in [1.165, 1.54) is 12.8 Å². The Morgan fingerprint density at radius 1 is 1.62 bits per heavy atom. The van der Waals surface area contributed by atoms with Crippen LogP contribution in [0.3, 0.4) is 0 Å². The number of likely N-dealkylation sites (N-methyl/N-ethyl adjacent to an activating group) is 1. The lowest BCUT2D eigenvalue weighted by atomic mass is 9.97. The molecule has 4 heteroatoms. The van der Waals surface area contributed by atoms with Crippen LogP contribution in [0, 0.1) is 5.92 Å². The fraction of sp³-hybridized carbons (Fsp3) is 0.750. The van der Waals surface area contributed by atoms with E-state index in [1.54, 1.807) is 0 Å². The van der Waals surface area contributed by atoms with E-state index in [0.717, 1.165) is 24.8 Å². The van der Waals surface area contributed by atoms with E-state index in [0.29, 0.717) is 0 Å². The molecule has 16 heavy (non-hydrogen) atoms. The molecule has 0 spiro atoms. The third-order valence-corrected chi connectivity index (χ3v) is 3.45. The van der Waals surface area contributed by atoms with Crippen LogP contribution in [-0.2, 0) is 13.6 Å². The summed E-state index contributed by atoms with van der Waals surface area (Å²) in [5.41, 5.74) is 6.28. The van der Waals surface area contributed by atoms with Gasteiger partial charge >= 0.3 is 0 Å². The summed E-state index contributed by atoms with van der Waals surface area (Å²) in [4.78, 5) is 6.59. The third-order valence-electron chi connectivity index (χ3n) is 3.45. The summed E-state index contributed by atoms with van der Waals surface area (Å²) in [6.45, 7) is 3.97. The van der Waals surface area contributed by atoms with Gasteiger partial charge in [-0.05, 0) is 32.7 Å². The highest BCUT2D eigenvalue weighted by atomic mass is 15.2. The average molecular weight is 222 g/mol. The zero-order chi connectivity index (χ0) is 11.8. The molecule has 1 aromatic rings. The maximum atomic E-state index is 6.32. The first-order chi connectivity index (χ1) is 7.49. The van der Waals surface area contributed by atoms with Crippen molar-refractivity contribution in [1.29, 1.82) is 0 Å². The number of hydrogen-bond acceptors (Lipinski definition) is 3. The standard InChI is InChI=1S/C12H22N4/c1-12(13,10-4-5-10)9-15(2)8-11-14-6-7-16(11)3/h6-7,10H,4-5,8-9,13H2,1-3H3. The molecule has 0 aliphatic heterocycles. The second kappa shape index (κ2) is 4.18. The van der Waals surface area contributed by atoms with Gasteiger partial charge in [-0.1, -0.05) is 0 Å². The van der Waals surface area contributed by atoms with E-state index in [1.807, 2.05) is 19.4 Å². The van der Waals surface area contributed by atoms with Crippen molar-refractivity contribution in [3.05, 3.63) is 18.2 Å². The van der Waals surface area contributed by atoms with Crippen molar-refractivity contribution >= 4 is 0 Å². The van der Waals surface area contributed by atoms with Crippen molar-refractivity contribution in [2.24, 2.45) is 18.7 Å². The third kappa shape index (κ3) is 2.62. The van der Waals surface area contributed by atoms with Crippen molar-refractivity contribution in [2.45, 2.75) is 31.8 Å². The van der Waals surface area contributed by atoms with Crippen LogP contribution in [0.4, 0.5) is 0 Å². The minimum Gasteiger partial charge on any atom is -0.337 e. The van der Waals surface area contributed by atoms with Gasteiger partial charge in [0.2, 0.25) is 0 Å². The monoisotopic (exact) mass is 222 g/mol. The van der Waals surface area contributed by atoms with Gasteiger partial charge in [0.25, 0.3) is 0 Å². The number of imidazole rings is 1. The number of nitrogens with zero attached hydrogens (tertiary/aromatic N) is 3. The van der Waals surface area contributed by atoms with E-state index in [-0.39, 0.29) is 5.54 Å². The molecule has 1 unspecified atom stereocenters. The van der Waals surface area contributed by atoms with Gasteiger partial charge in [-0.15, -0.1) is 0 Å². The van der Waals surface area contributed by atoms with E-state index >= 15 is 0 Å². The summed E-state index contributed by atoms with van der Waals surface area (Å²) in [5, 5.41) is 0. The minimum atomic E-state index is -0.0418. The Balaban J connectivity index is 1.88. The van der Waals surface area contributed by atoms with Gasteiger partial charge in [0.15, 0.2) is 0 Å². The molecule has 90 valence electrons. The Morgan fingerprint density at radius 2 is 2.31 bits per heavy atom. The Labute approximate surface area is 97.4 Å². The van der Waals surface area contributed by atoms with Gasteiger partial charge in [0.1, 0.15) is 5.82 Å². The van der Waals surface area contributed by atoms with E-state index in [4.69, 9.17) is 5.73 Å². The van der Waals surface area contributed by atoms with E-state index < -0.39 is 0 Å². The molecule has 1 saturated carbocycles. The van der Waals surface area contributed by atoms with Gasteiger partial charge in [0.05, 0.1) is 6.54 Å². The first-order valence-electron chi connectivity index (χ1n) is 5.92. The lowest BCUT2D eigenvalue weighted by Gasteiger charge is -2.30. The molecule has 1 aromatic heterocycles. The fourth-order valence-electron chi connectivity index (χ4n) is 2.30. The fourth-order valence-corrected chi connectivity index (χ4v) is 2.30. The summed E-state index contributed by atoms with van der Waals surface area (Å²) in [7, 11) is 4.14. The predicted molar refractivity (Wildman–Crippen MR) is 64.9 cm³/mol. The molecule has 0 radical (unpaired) electrons. The first-order valence-corrected chi connectivity index (χ1v) is 5.92. The maximum Gasteiger partial charge on any atom is 0.122 e. The van der Waals surface area contributed by atoms with Gasteiger partial charge < -0.3 is 10.3 Å². The summed E-state index contributed by atoms with van der Waals surface area (Å²) in [6, 6.07) is 0. The largest absolute Gasteiger partial charge is 0.337 e. The zero-order valence-electron chi connectivity index (χ0n) is 10.5. The molecule has 0 amide bonds. The molecular formula is C12H22N4. The Hall–Kier alpha value is -0.870. The Bertz CT molecular complexity index is 352. The maximum absolute atomic E-state index is 6.32. The summed E-state index contributed by atoms with van der Waals surface area (Å²) in [6.07, 6.45) is 6.41. The molecule has 2 N–H and O–H groups in total. The highest BCUT2D eigenvalue weighted by Gasteiger charge is 2.38. The molecule has 2 rings (SSSR count). The molecule has 1 atom stereocenters. The van der Waals surface area contributed by atoms with Crippen molar-refractivity contribution in [3.63, 3.8) is 0 Å². The molecule has 4 nitrogen and oxygen atoms in total. The van der Waals surface area contributed by atoms with Gasteiger partial charge in [-0.2, -0.15) is 0 Å². The van der Waals surface area contributed by atoms with Gasteiger partial charge in [0, 0.05) is 31.5 Å². The van der Waals surface area contributed by atoms with Crippen LogP contribution in [0.25, 0.3) is 0 Å². The Morgan fingerprint density at radius 3 is 2.81 bits per heavy atom. The molecule has 1 fully saturated rings. The number of nitrogens with two attached hydrogens (primary N) is 1. The van der Waals surface area contributed by atoms with Crippen LogP contribution in [0.15, 0.2) is 12.4 Å². The predicted octanol–water partition coefficient (Wildman–Crippen LogP) is 0.979. The van der Waals surface area contributed by atoms with E-state index in [2.05, 4.69) is 28.4 Å². The van der Waals surface area contributed by atoms with E-state index in [9.17, 15) is 0 Å². The van der Waals surface area contributed by atoms with Crippen LogP contribution in [0.5, 0.6) is 0 Å². The Kier molecular flexibility index (Phi) is 3.04. The number of aromatic nitrogens is 2. The quantitative estimate of drug-likeness (QED) is 0.808. The van der Waals surface area contributed by atoms with Gasteiger partial charge in [-0.25, -0.2) is 4.98 Å². The molecule has 1 aliphatic carbocycles. The molecule has 0 aromatic carbocycles. The molecule has 0 bridgehead atoms. The van der Waals surface area contributed by atoms with Crippen LogP contribution < -0.4 is 5.73 Å². The smallest absolute Gasteiger partial charge is 0.122 e. The number of hydrogen-bond donors (Lipinski definition) is 1. The molecule has 0 saturated heterocycles. The number of aryl methyl sites for hydroxylation is 1. The van der Waals surface area contributed by atoms with Crippen molar-refractivity contribution in [1.82, 2.24) is 14.5 Å². The zero-order valence-corrected chi connectivity index (χ0v) is 10.5. The molecular weight excluding hydrogens is 200 g/mol. The van der Waals surface area contributed by atoms with Crippen molar-refractivity contribution in [2.75, 3.05) is 13.6 Å². The lowest BCUT2D eigenvalue weighted by Crippen LogP contribution is -2.48. The molecule has 1 aliphatic rings. The number of rotatable bonds is 5.